The van der Waals surface area contributed by atoms with Crippen LogP contribution in [0.25, 0.3) is 0 Å². The van der Waals surface area contributed by atoms with Gasteiger partial charge in [0.05, 0.1) is 4.90 Å². The van der Waals surface area contributed by atoms with Crippen LogP contribution in [0.5, 0.6) is 0 Å². The molecule has 1 saturated carbocycles. The molecule has 1 aliphatic carbocycles. The average Bonchev–Trinajstić information content (AvgIpc) is 2.31. The lowest BCUT2D eigenvalue weighted by molar-refractivity contribution is 0.408. The Morgan fingerprint density at radius 2 is 1.62 bits per heavy atom. The van der Waals surface area contributed by atoms with Crippen molar-refractivity contribution in [3.63, 3.8) is 0 Å². The fraction of sp³-hybridized carbons (Fsp3) is 0.500. The van der Waals surface area contributed by atoms with Crippen molar-refractivity contribution in [1.29, 1.82) is 0 Å². The Hall–Kier alpha value is -0.870. The molecule has 0 saturated heterocycles. The highest BCUT2D eigenvalue weighted by molar-refractivity contribution is 7.89. The lowest BCUT2D eigenvalue weighted by atomic mass is 9.96. The summed E-state index contributed by atoms with van der Waals surface area (Å²) < 4.78 is 27.9. The van der Waals surface area contributed by atoms with E-state index >= 15 is 0 Å². The van der Waals surface area contributed by atoms with Crippen LogP contribution in [0.1, 0.15) is 32.1 Å². The van der Waals surface area contributed by atoms with Gasteiger partial charge in [0.2, 0.25) is 0 Å². The molecule has 0 amide bonds. The lowest BCUT2D eigenvalue weighted by Crippen LogP contribution is -2.29. The van der Waals surface area contributed by atoms with E-state index in [0.717, 1.165) is 25.7 Å². The lowest BCUT2D eigenvalue weighted by Gasteiger charge is -2.20. The molecule has 1 aromatic rings. The maximum atomic E-state index is 11.9. The van der Waals surface area contributed by atoms with Crippen molar-refractivity contribution in [2.45, 2.75) is 43.0 Å². The first-order chi connectivity index (χ1) is 7.68. The molecule has 4 heteroatoms. The van der Waals surface area contributed by atoms with Gasteiger partial charge in [-0.25, -0.2) is 8.42 Å². The molecule has 0 aliphatic heterocycles. The minimum absolute atomic E-state index is 0.000967. The fourth-order valence-electron chi connectivity index (χ4n) is 2.04. The van der Waals surface area contributed by atoms with E-state index in [1.165, 1.54) is 6.42 Å². The summed E-state index contributed by atoms with van der Waals surface area (Å²) in [6, 6.07) is 8.45. The van der Waals surface area contributed by atoms with Crippen LogP contribution in [0, 0.1) is 0 Å². The molecule has 1 radical (unpaired) electrons. The number of rotatable bonds is 3. The van der Waals surface area contributed by atoms with Gasteiger partial charge in [-0.3, -0.25) is 0 Å². The van der Waals surface area contributed by atoms with E-state index in [1.807, 2.05) is 0 Å². The van der Waals surface area contributed by atoms with Crippen molar-refractivity contribution < 1.29 is 8.42 Å². The van der Waals surface area contributed by atoms with Crippen molar-refractivity contribution >= 4 is 10.0 Å². The minimum atomic E-state index is -3.43. The van der Waals surface area contributed by atoms with Gasteiger partial charge in [-0.15, -0.1) is 4.72 Å². The normalized spacial score (nSPS) is 18.5. The summed E-state index contributed by atoms with van der Waals surface area (Å²) in [4.78, 5) is 0.306. The van der Waals surface area contributed by atoms with Crippen LogP contribution in [0.4, 0.5) is 0 Å². The number of hydrogen-bond acceptors (Lipinski definition) is 2. The maximum Gasteiger partial charge on any atom is 0.257 e. The highest BCUT2D eigenvalue weighted by atomic mass is 32.2. The summed E-state index contributed by atoms with van der Waals surface area (Å²) >= 11 is 0. The predicted molar refractivity (Wildman–Crippen MR) is 62.6 cm³/mol. The first-order valence-corrected chi connectivity index (χ1v) is 7.15. The molecule has 0 N–H and O–H groups in total. The zero-order valence-corrected chi connectivity index (χ0v) is 9.99. The number of hydrogen-bond donors (Lipinski definition) is 0. The van der Waals surface area contributed by atoms with E-state index < -0.39 is 10.0 Å². The highest BCUT2D eigenvalue weighted by Gasteiger charge is 2.23. The van der Waals surface area contributed by atoms with Gasteiger partial charge >= 0.3 is 0 Å². The number of sulfonamides is 1. The second-order valence-corrected chi connectivity index (χ2v) is 5.82. The Labute approximate surface area is 96.9 Å². The monoisotopic (exact) mass is 238 g/mol. The molecule has 0 heterocycles. The smallest absolute Gasteiger partial charge is 0.206 e. The Balaban J connectivity index is 2.08. The van der Waals surface area contributed by atoms with Crippen LogP contribution in [0.15, 0.2) is 35.2 Å². The molecule has 3 nitrogen and oxygen atoms in total. The average molecular weight is 238 g/mol. The predicted octanol–water partition coefficient (Wildman–Crippen LogP) is 2.31. The highest BCUT2D eigenvalue weighted by Crippen LogP contribution is 2.21. The van der Waals surface area contributed by atoms with Crippen LogP contribution in [-0.4, -0.2) is 14.5 Å². The van der Waals surface area contributed by atoms with E-state index in [9.17, 15) is 8.42 Å². The summed E-state index contributed by atoms with van der Waals surface area (Å²) in [6.07, 6.45) is 5.21. The van der Waals surface area contributed by atoms with Crippen molar-refractivity contribution in [2.75, 3.05) is 0 Å². The zero-order valence-electron chi connectivity index (χ0n) is 9.17. The molecule has 16 heavy (non-hydrogen) atoms. The standard InChI is InChI=1S/C12H16NO2S/c14-16(15,12-9-5-2-6-10-12)13-11-7-3-1-4-8-11/h2,5-6,9-11H,1,3-4,7-8H2. The van der Waals surface area contributed by atoms with E-state index in [2.05, 4.69) is 4.72 Å². The summed E-state index contributed by atoms with van der Waals surface area (Å²) in [5.41, 5.74) is 0. The van der Waals surface area contributed by atoms with Crippen molar-refractivity contribution in [1.82, 2.24) is 4.72 Å². The van der Waals surface area contributed by atoms with Crippen LogP contribution in [-0.2, 0) is 10.0 Å². The SMILES string of the molecule is O=S(=O)([N]C1CCCCC1)c1ccccc1. The van der Waals surface area contributed by atoms with E-state index in [4.69, 9.17) is 0 Å². The van der Waals surface area contributed by atoms with E-state index in [1.54, 1.807) is 30.3 Å². The van der Waals surface area contributed by atoms with Crippen molar-refractivity contribution in [3.05, 3.63) is 30.3 Å². The molecule has 1 aromatic carbocycles. The maximum absolute atomic E-state index is 11.9. The largest absolute Gasteiger partial charge is 0.257 e. The fourth-order valence-corrected chi connectivity index (χ4v) is 3.26. The van der Waals surface area contributed by atoms with Gasteiger partial charge in [0.1, 0.15) is 0 Å². The molecule has 2 rings (SSSR count). The van der Waals surface area contributed by atoms with Gasteiger partial charge in [-0.05, 0) is 25.0 Å². The first kappa shape index (κ1) is 11.6. The Morgan fingerprint density at radius 3 is 2.25 bits per heavy atom. The van der Waals surface area contributed by atoms with Gasteiger partial charge in [0.25, 0.3) is 10.0 Å². The Kier molecular flexibility index (Phi) is 3.61. The molecule has 0 spiro atoms. The third-order valence-electron chi connectivity index (χ3n) is 2.90. The van der Waals surface area contributed by atoms with Crippen molar-refractivity contribution in [3.8, 4) is 0 Å². The van der Waals surface area contributed by atoms with Crippen LogP contribution in [0.2, 0.25) is 0 Å². The zero-order chi connectivity index (χ0) is 11.4. The molecule has 87 valence electrons. The molecule has 1 aliphatic rings. The van der Waals surface area contributed by atoms with Gasteiger partial charge in [-0.2, -0.15) is 0 Å². The second kappa shape index (κ2) is 4.97. The molecule has 0 atom stereocenters. The molecular weight excluding hydrogens is 222 g/mol. The minimum Gasteiger partial charge on any atom is -0.206 e. The molecule has 0 aromatic heterocycles. The molecule has 0 unspecified atom stereocenters. The molecular formula is C12H16NO2S. The summed E-state index contributed by atoms with van der Waals surface area (Å²) in [5, 5.41) is 0. The third kappa shape index (κ3) is 2.83. The number of benzene rings is 1. The van der Waals surface area contributed by atoms with E-state index in [-0.39, 0.29) is 6.04 Å². The molecule has 1 fully saturated rings. The Bertz CT molecular complexity index is 422. The van der Waals surface area contributed by atoms with Gasteiger partial charge in [0.15, 0.2) is 0 Å². The third-order valence-corrected chi connectivity index (χ3v) is 4.35. The Morgan fingerprint density at radius 1 is 1.00 bits per heavy atom. The van der Waals surface area contributed by atoms with Gasteiger partial charge in [-0.1, -0.05) is 37.5 Å². The summed E-state index contributed by atoms with van der Waals surface area (Å²) in [5.74, 6) is 0. The molecule has 0 bridgehead atoms. The number of nitrogens with zero attached hydrogens (tertiary/aromatic N) is 1. The topological polar surface area (TPSA) is 48.2 Å². The summed E-state index contributed by atoms with van der Waals surface area (Å²) in [7, 11) is -3.43. The van der Waals surface area contributed by atoms with Gasteiger partial charge < -0.3 is 0 Å². The van der Waals surface area contributed by atoms with Crippen LogP contribution < -0.4 is 4.72 Å². The van der Waals surface area contributed by atoms with Crippen LogP contribution >= 0.6 is 0 Å². The van der Waals surface area contributed by atoms with Crippen molar-refractivity contribution in [2.24, 2.45) is 0 Å². The van der Waals surface area contributed by atoms with Gasteiger partial charge in [0, 0.05) is 6.04 Å². The quantitative estimate of drug-likeness (QED) is 0.811. The first-order valence-electron chi connectivity index (χ1n) is 5.71. The van der Waals surface area contributed by atoms with E-state index in [0.29, 0.717) is 4.90 Å². The summed E-state index contributed by atoms with van der Waals surface area (Å²) in [6.45, 7) is 0. The second-order valence-electron chi connectivity index (χ2n) is 4.19. The van der Waals surface area contributed by atoms with Crippen LogP contribution in [0.3, 0.4) is 0 Å².